The van der Waals surface area contributed by atoms with E-state index in [9.17, 15) is 9.59 Å². The van der Waals surface area contributed by atoms with Crippen molar-refractivity contribution < 1.29 is 9.59 Å². The van der Waals surface area contributed by atoms with Gasteiger partial charge in [0.15, 0.2) is 0 Å². The Balaban J connectivity index is 1.90. The van der Waals surface area contributed by atoms with Gasteiger partial charge in [0.1, 0.15) is 0 Å². The molecule has 0 aliphatic heterocycles. The molecule has 2 aromatic carbocycles. The van der Waals surface area contributed by atoms with Crippen LogP contribution in [0.5, 0.6) is 0 Å². The molecule has 0 radical (unpaired) electrons. The lowest BCUT2D eigenvalue weighted by Gasteiger charge is -2.01. The minimum Gasteiger partial charge on any atom is -0.262 e. The van der Waals surface area contributed by atoms with Gasteiger partial charge in [-0.3, -0.25) is 9.59 Å². The highest BCUT2D eigenvalue weighted by Gasteiger charge is 2.11. The van der Waals surface area contributed by atoms with Gasteiger partial charge in [-0.25, -0.2) is 10.9 Å². The van der Waals surface area contributed by atoms with Crippen molar-refractivity contribution in [2.75, 3.05) is 0 Å². The van der Waals surface area contributed by atoms with E-state index in [4.69, 9.17) is 46.4 Å². The fraction of sp³-hybridized carbons (Fsp3) is 0. The number of amides is 2. The number of hydrazone groups is 2. The Morgan fingerprint density at radius 3 is 1.50 bits per heavy atom. The number of rotatable bonds is 4. The SMILES string of the molecule is O=C(N/N=C/c1cccc(Cl)c1Cl)C(=O)N/N=C/c1cccc(Cl)c1Cl. The van der Waals surface area contributed by atoms with Gasteiger partial charge in [-0.15, -0.1) is 0 Å². The van der Waals surface area contributed by atoms with Crippen LogP contribution in [0.15, 0.2) is 46.6 Å². The second-order valence-electron chi connectivity index (χ2n) is 4.68. The lowest BCUT2D eigenvalue weighted by Crippen LogP contribution is -2.35. The summed E-state index contributed by atoms with van der Waals surface area (Å²) < 4.78 is 0. The first-order valence-corrected chi connectivity index (χ1v) is 8.46. The third-order valence-electron chi connectivity index (χ3n) is 2.91. The van der Waals surface area contributed by atoms with Crippen LogP contribution >= 0.6 is 46.4 Å². The topological polar surface area (TPSA) is 82.9 Å². The number of hydrogen-bond donors (Lipinski definition) is 2. The Morgan fingerprint density at radius 2 is 1.12 bits per heavy atom. The average molecular weight is 432 g/mol. The van der Waals surface area contributed by atoms with Gasteiger partial charge in [-0.05, 0) is 12.1 Å². The fourth-order valence-electron chi connectivity index (χ4n) is 1.66. The van der Waals surface area contributed by atoms with E-state index < -0.39 is 11.8 Å². The van der Waals surface area contributed by atoms with E-state index >= 15 is 0 Å². The highest BCUT2D eigenvalue weighted by atomic mass is 35.5. The molecule has 10 heteroatoms. The van der Waals surface area contributed by atoms with Gasteiger partial charge < -0.3 is 0 Å². The molecule has 0 aliphatic rings. The summed E-state index contributed by atoms with van der Waals surface area (Å²) in [7, 11) is 0. The molecule has 0 aliphatic carbocycles. The van der Waals surface area contributed by atoms with E-state index in [0.29, 0.717) is 21.2 Å². The number of carbonyl (C=O) groups is 2. The smallest absolute Gasteiger partial charge is 0.262 e. The molecule has 0 saturated heterocycles. The zero-order chi connectivity index (χ0) is 19.1. The van der Waals surface area contributed by atoms with E-state index in [2.05, 4.69) is 10.2 Å². The molecule has 0 spiro atoms. The van der Waals surface area contributed by atoms with Crippen molar-refractivity contribution in [1.29, 1.82) is 0 Å². The van der Waals surface area contributed by atoms with Crippen LogP contribution in [0.25, 0.3) is 0 Å². The molecule has 2 aromatic rings. The third-order valence-corrected chi connectivity index (χ3v) is 4.58. The van der Waals surface area contributed by atoms with Gasteiger partial charge in [0.05, 0.1) is 32.5 Å². The predicted molar refractivity (Wildman–Crippen MR) is 104 cm³/mol. The van der Waals surface area contributed by atoms with Crippen molar-refractivity contribution in [3.63, 3.8) is 0 Å². The predicted octanol–water partition coefficient (Wildman–Crippen LogP) is 3.90. The monoisotopic (exact) mass is 430 g/mol. The maximum atomic E-state index is 11.6. The number of nitrogens with one attached hydrogen (secondary N) is 2. The quantitative estimate of drug-likeness (QED) is 0.437. The summed E-state index contributed by atoms with van der Waals surface area (Å²) >= 11 is 23.6. The van der Waals surface area contributed by atoms with Gasteiger partial charge in [-0.2, -0.15) is 10.2 Å². The molecule has 0 heterocycles. The lowest BCUT2D eigenvalue weighted by molar-refractivity contribution is -0.139. The van der Waals surface area contributed by atoms with E-state index in [1.165, 1.54) is 12.4 Å². The first-order valence-electron chi connectivity index (χ1n) is 6.94. The van der Waals surface area contributed by atoms with Gasteiger partial charge in [0.25, 0.3) is 0 Å². The summed E-state index contributed by atoms with van der Waals surface area (Å²) in [5.74, 6) is -2.04. The summed E-state index contributed by atoms with van der Waals surface area (Å²) in [6.45, 7) is 0. The maximum absolute atomic E-state index is 11.6. The summed E-state index contributed by atoms with van der Waals surface area (Å²) in [6.07, 6.45) is 2.52. The molecule has 6 nitrogen and oxygen atoms in total. The molecule has 0 aromatic heterocycles. The van der Waals surface area contributed by atoms with Gasteiger partial charge in [0, 0.05) is 11.1 Å². The molecule has 0 bridgehead atoms. The summed E-state index contributed by atoms with van der Waals surface area (Å²) in [5.41, 5.74) is 5.05. The number of benzene rings is 2. The number of halogens is 4. The summed E-state index contributed by atoms with van der Waals surface area (Å²) in [5, 5.41) is 8.51. The van der Waals surface area contributed by atoms with E-state index in [1.807, 2.05) is 10.9 Å². The second-order valence-corrected chi connectivity index (χ2v) is 6.25. The molecule has 2 rings (SSSR count). The first kappa shape index (κ1) is 20.2. The first-order chi connectivity index (χ1) is 12.4. The van der Waals surface area contributed by atoms with Gasteiger partial charge in [0.2, 0.25) is 0 Å². The lowest BCUT2D eigenvalue weighted by atomic mass is 10.2. The highest BCUT2D eigenvalue weighted by molar-refractivity contribution is 6.44. The van der Waals surface area contributed by atoms with Crippen molar-refractivity contribution in [3.8, 4) is 0 Å². The number of hydrogen-bond acceptors (Lipinski definition) is 4. The zero-order valence-electron chi connectivity index (χ0n) is 12.8. The Bertz CT molecular complexity index is 826. The van der Waals surface area contributed by atoms with Crippen LogP contribution in [0.2, 0.25) is 20.1 Å². The van der Waals surface area contributed by atoms with E-state index in [0.717, 1.165) is 0 Å². The van der Waals surface area contributed by atoms with Crippen molar-refractivity contribution in [3.05, 3.63) is 67.6 Å². The Labute approximate surface area is 168 Å². The Morgan fingerprint density at radius 1 is 0.731 bits per heavy atom. The molecule has 26 heavy (non-hydrogen) atoms. The average Bonchev–Trinajstić information content (AvgIpc) is 2.62. The molecule has 0 unspecified atom stereocenters. The number of nitrogens with zero attached hydrogens (tertiary/aromatic N) is 2. The fourth-order valence-corrected chi connectivity index (χ4v) is 2.38. The standard InChI is InChI=1S/C16H10Cl4N4O2/c17-11-5-1-3-9(13(11)19)7-21-23-15(25)16(26)24-22-8-10-4-2-6-12(18)14(10)20/h1-8H,(H,23,25)(H,24,26)/b21-7+,22-8+. The normalized spacial score (nSPS) is 11.1. The van der Waals surface area contributed by atoms with Gasteiger partial charge in [-0.1, -0.05) is 70.7 Å². The van der Waals surface area contributed by atoms with Crippen LogP contribution in [0.1, 0.15) is 11.1 Å². The maximum Gasteiger partial charge on any atom is 0.331 e. The van der Waals surface area contributed by atoms with Crippen LogP contribution < -0.4 is 10.9 Å². The van der Waals surface area contributed by atoms with E-state index in [-0.39, 0.29) is 10.0 Å². The summed E-state index contributed by atoms with van der Waals surface area (Å²) in [6, 6.07) is 9.83. The largest absolute Gasteiger partial charge is 0.331 e. The van der Waals surface area contributed by atoms with Crippen LogP contribution in [0, 0.1) is 0 Å². The van der Waals surface area contributed by atoms with Crippen LogP contribution in [0.3, 0.4) is 0 Å². The molecule has 2 amide bonds. The molecular weight excluding hydrogens is 422 g/mol. The number of carbonyl (C=O) groups excluding carboxylic acids is 2. The zero-order valence-corrected chi connectivity index (χ0v) is 15.9. The summed E-state index contributed by atoms with van der Waals surface area (Å²) in [4.78, 5) is 23.3. The molecule has 0 atom stereocenters. The molecular formula is C16H10Cl4N4O2. The third kappa shape index (κ3) is 5.44. The highest BCUT2D eigenvalue weighted by Crippen LogP contribution is 2.24. The van der Waals surface area contributed by atoms with Crippen LogP contribution in [0.4, 0.5) is 0 Å². The van der Waals surface area contributed by atoms with E-state index in [1.54, 1.807) is 36.4 Å². The van der Waals surface area contributed by atoms with Crippen molar-refractivity contribution >= 4 is 70.6 Å². The molecule has 134 valence electrons. The minimum absolute atomic E-state index is 0.277. The molecule has 2 N–H and O–H groups in total. The van der Waals surface area contributed by atoms with Gasteiger partial charge >= 0.3 is 11.8 Å². The molecule has 0 fully saturated rings. The second kappa shape index (κ2) is 9.54. The van der Waals surface area contributed by atoms with Crippen LogP contribution in [-0.2, 0) is 9.59 Å². The van der Waals surface area contributed by atoms with Crippen LogP contribution in [-0.4, -0.2) is 24.2 Å². The minimum atomic E-state index is -1.02. The van der Waals surface area contributed by atoms with Crippen molar-refractivity contribution in [2.24, 2.45) is 10.2 Å². The molecule has 0 saturated carbocycles. The van der Waals surface area contributed by atoms with Crippen molar-refractivity contribution in [1.82, 2.24) is 10.9 Å². The van der Waals surface area contributed by atoms with Crippen molar-refractivity contribution in [2.45, 2.75) is 0 Å². The Hall–Kier alpha value is -2.12. The Kier molecular flexibility index (Phi) is 7.41.